The van der Waals surface area contributed by atoms with Gasteiger partial charge in [-0.1, -0.05) is 42.8 Å². The first kappa shape index (κ1) is 14.7. The molecule has 0 aliphatic heterocycles. The summed E-state index contributed by atoms with van der Waals surface area (Å²) in [6, 6.07) is 5.63. The predicted molar refractivity (Wildman–Crippen MR) is 74.5 cm³/mol. The lowest BCUT2D eigenvalue weighted by molar-refractivity contribution is 0.133. The van der Waals surface area contributed by atoms with Crippen LogP contribution < -0.4 is 0 Å². The Morgan fingerprint density at radius 1 is 1.35 bits per heavy atom. The van der Waals surface area contributed by atoms with Crippen LogP contribution in [0, 0.1) is 11.2 Å². The molecule has 17 heavy (non-hydrogen) atoms. The van der Waals surface area contributed by atoms with Crippen molar-refractivity contribution in [3.63, 3.8) is 0 Å². The van der Waals surface area contributed by atoms with Gasteiger partial charge in [0.15, 0.2) is 0 Å². The van der Waals surface area contributed by atoms with E-state index < -0.39 is 0 Å². The summed E-state index contributed by atoms with van der Waals surface area (Å²) in [5, 5.41) is 0. The zero-order chi connectivity index (χ0) is 13.2. The largest absolute Gasteiger partial charge is 0.299 e. The monoisotopic (exact) mass is 301 g/mol. The van der Waals surface area contributed by atoms with Crippen molar-refractivity contribution in [1.82, 2.24) is 4.90 Å². The van der Waals surface area contributed by atoms with Gasteiger partial charge in [-0.25, -0.2) is 4.39 Å². The van der Waals surface area contributed by atoms with E-state index in [0.29, 0.717) is 12.6 Å². The second-order valence-electron chi connectivity index (χ2n) is 5.69. The molecule has 0 aliphatic carbocycles. The van der Waals surface area contributed by atoms with E-state index in [4.69, 9.17) is 0 Å². The maximum Gasteiger partial charge on any atom is 0.128 e. The van der Waals surface area contributed by atoms with Crippen LogP contribution in [0.3, 0.4) is 0 Å². The van der Waals surface area contributed by atoms with Crippen LogP contribution in [0.25, 0.3) is 0 Å². The van der Waals surface area contributed by atoms with E-state index in [0.717, 1.165) is 10.0 Å². The molecule has 1 atom stereocenters. The summed E-state index contributed by atoms with van der Waals surface area (Å²) in [6.45, 7) is 9.42. The van der Waals surface area contributed by atoms with E-state index in [1.165, 1.54) is 6.07 Å². The zero-order valence-electron chi connectivity index (χ0n) is 11.2. The Hall–Kier alpha value is -0.410. The first-order valence-corrected chi connectivity index (χ1v) is 6.65. The fourth-order valence-corrected chi connectivity index (χ4v) is 2.05. The van der Waals surface area contributed by atoms with Crippen molar-refractivity contribution in [2.75, 3.05) is 7.05 Å². The summed E-state index contributed by atoms with van der Waals surface area (Å²) < 4.78 is 14.5. The topological polar surface area (TPSA) is 3.24 Å². The van der Waals surface area contributed by atoms with E-state index in [1.54, 1.807) is 0 Å². The molecule has 3 heteroatoms. The highest BCUT2D eigenvalue weighted by atomic mass is 79.9. The van der Waals surface area contributed by atoms with Crippen molar-refractivity contribution in [3.05, 3.63) is 34.1 Å². The molecule has 0 amide bonds. The quantitative estimate of drug-likeness (QED) is 0.797. The van der Waals surface area contributed by atoms with E-state index in [2.05, 4.69) is 48.5 Å². The van der Waals surface area contributed by atoms with Gasteiger partial charge in [0.25, 0.3) is 0 Å². The van der Waals surface area contributed by atoms with Crippen molar-refractivity contribution in [1.29, 1.82) is 0 Å². The molecule has 0 heterocycles. The van der Waals surface area contributed by atoms with Crippen molar-refractivity contribution in [3.8, 4) is 0 Å². The fraction of sp³-hybridized carbons (Fsp3) is 0.571. The van der Waals surface area contributed by atoms with E-state index in [-0.39, 0.29) is 11.2 Å². The standard InChI is InChI=1S/C14H21BrFN/c1-10(14(2,3)4)17(5)9-11-6-7-12(15)8-13(11)16/h6-8,10H,9H2,1-5H3. The molecule has 0 saturated carbocycles. The van der Waals surface area contributed by atoms with Crippen molar-refractivity contribution >= 4 is 15.9 Å². The maximum atomic E-state index is 13.7. The van der Waals surface area contributed by atoms with E-state index >= 15 is 0 Å². The number of hydrogen-bond donors (Lipinski definition) is 0. The Labute approximate surface area is 112 Å². The van der Waals surface area contributed by atoms with Gasteiger partial charge in [0.2, 0.25) is 0 Å². The fourth-order valence-electron chi connectivity index (χ4n) is 1.72. The van der Waals surface area contributed by atoms with Gasteiger partial charge in [-0.15, -0.1) is 0 Å². The summed E-state index contributed by atoms with van der Waals surface area (Å²) >= 11 is 3.27. The minimum Gasteiger partial charge on any atom is -0.299 e. The lowest BCUT2D eigenvalue weighted by atomic mass is 9.87. The van der Waals surface area contributed by atoms with Gasteiger partial charge in [0.05, 0.1) is 0 Å². The molecule has 1 unspecified atom stereocenters. The molecule has 1 aromatic carbocycles. The minimum atomic E-state index is -0.146. The van der Waals surface area contributed by atoms with E-state index in [1.807, 2.05) is 19.2 Å². The molecule has 0 fully saturated rings. The van der Waals surface area contributed by atoms with Gasteiger partial charge in [0.1, 0.15) is 5.82 Å². The summed E-state index contributed by atoms with van der Waals surface area (Å²) in [7, 11) is 2.04. The van der Waals surface area contributed by atoms with Crippen LogP contribution in [-0.2, 0) is 6.54 Å². The number of hydrogen-bond acceptors (Lipinski definition) is 1. The van der Waals surface area contributed by atoms with Crippen LogP contribution in [0.1, 0.15) is 33.3 Å². The number of rotatable bonds is 3. The molecule has 0 radical (unpaired) electrons. The van der Waals surface area contributed by atoms with Crippen molar-refractivity contribution < 1.29 is 4.39 Å². The minimum absolute atomic E-state index is 0.146. The van der Waals surface area contributed by atoms with Crippen LogP contribution >= 0.6 is 15.9 Å². The lowest BCUT2D eigenvalue weighted by Crippen LogP contribution is -2.38. The Bertz CT molecular complexity index is 384. The Morgan fingerprint density at radius 3 is 2.41 bits per heavy atom. The highest BCUT2D eigenvalue weighted by Gasteiger charge is 2.24. The maximum absolute atomic E-state index is 13.7. The number of benzene rings is 1. The molecular formula is C14H21BrFN. The van der Waals surface area contributed by atoms with E-state index in [9.17, 15) is 4.39 Å². The number of nitrogens with zero attached hydrogens (tertiary/aromatic N) is 1. The van der Waals surface area contributed by atoms with Gasteiger partial charge in [-0.2, -0.15) is 0 Å². The third-order valence-corrected chi connectivity index (χ3v) is 3.84. The van der Waals surface area contributed by atoms with Crippen LogP contribution in [0.5, 0.6) is 0 Å². The smallest absolute Gasteiger partial charge is 0.128 e. The average Bonchev–Trinajstić information content (AvgIpc) is 2.19. The highest BCUT2D eigenvalue weighted by molar-refractivity contribution is 9.10. The van der Waals surface area contributed by atoms with Crippen molar-refractivity contribution in [2.24, 2.45) is 5.41 Å². The summed E-state index contributed by atoms with van der Waals surface area (Å²) in [5.74, 6) is -0.146. The molecule has 0 saturated heterocycles. The molecule has 0 aliphatic rings. The zero-order valence-corrected chi connectivity index (χ0v) is 12.8. The molecular weight excluding hydrogens is 281 g/mol. The lowest BCUT2D eigenvalue weighted by Gasteiger charge is -2.35. The Kier molecular flexibility index (Phi) is 4.73. The van der Waals surface area contributed by atoms with Crippen LogP contribution in [0.4, 0.5) is 4.39 Å². The SMILES string of the molecule is CC(N(C)Cc1ccc(Br)cc1F)C(C)(C)C. The van der Waals surface area contributed by atoms with Gasteiger partial charge < -0.3 is 0 Å². The third-order valence-electron chi connectivity index (χ3n) is 3.35. The Balaban J connectivity index is 2.78. The van der Waals surface area contributed by atoms with Crippen LogP contribution in [-0.4, -0.2) is 18.0 Å². The summed E-state index contributed by atoms with van der Waals surface area (Å²) in [5.41, 5.74) is 0.937. The average molecular weight is 302 g/mol. The number of halogens is 2. The summed E-state index contributed by atoms with van der Waals surface area (Å²) in [6.07, 6.45) is 0. The second kappa shape index (κ2) is 5.49. The normalized spacial score (nSPS) is 14.1. The van der Waals surface area contributed by atoms with Crippen molar-refractivity contribution in [2.45, 2.75) is 40.3 Å². The van der Waals surface area contributed by atoms with Gasteiger partial charge in [-0.3, -0.25) is 4.90 Å². The molecule has 0 aromatic heterocycles. The molecule has 0 spiro atoms. The highest BCUT2D eigenvalue weighted by Crippen LogP contribution is 2.25. The molecule has 0 bridgehead atoms. The first-order valence-electron chi connectivity index (χ1n) is 5.86. The van der Waals surface area contributed by atoms with Gasteiger partial charge in [0, 0.05) is 22.6 Å². The molecule has 1 aromatic rings. The molecule has 96 valence electrons. The third kappa shape index (κ3) is 4.07. The second-order valence-corrected chi connectivity index (χ2v) is 6.61. The molecule has 1 nitrogen and oxygen atoms in total. The van der Waals surface area contributed by atoms with Gasteiger partial charge in [-0.05, 0) is 31.5 Å². The van der Waals surface area contributed by atoms with Gasteiger partial charge >= 0.3 is 0 Å². The first-order chi connectivity index (χ1) is 7.71. The Morgan fingerprint density at radius 2 is 1.94 bits per heavy atom. The molecule has 1 rings (SSSR count). The summed E-state index contributed by atoms with van der Waals surface area (Å²) in [4.78, 5) is 2.19. The molecule has 0 N–H and O–H groups in total. The predicted octanol–water partition coefficient (Wildman–Crippen LogP) is 4.45. The van der Waals surface area contributed by atoms with Crippen LogP contribution in [0.2, 0.25) is 0 Å². The van der Waals surface area contributed by atoms with Crippen LogP contribution in [0.15, 0.2) is 22.7 Å².